The standard InChI is InChI=1S/C36H31F5N4O4S/c1-19-26(17-50-36-44-43-18-45(36)2)48-35(49-33(19)22-9-7-20(16-46)8-10-22)23-13-11-21(12-14-23)25-6-4-3-5-24(25)15-42-34(47)27-28(37)30(39)32(41)31(40)29(27)38/h3-14,18-19,26,33,35,46H,15-17H2,1-2H3,(H,42,47)/t19-,26+,33+,35+/m1/s1. The Bertz CT molecular complexity index is 1970. The molecule has 8 nitrogen and oxygen atoms in total. The van der Waals surface area contributed by atoms with E-state index in [1.807, 2.05) is 60.1 Å². The second kappa shape index (κ2) is 15.1. The van der Waals surface area contributed by atoms with E-state index < -0.39 is 46.8 Å². The number of hydrogen-bond donors (Lipinski definition) is 2. The molecule has 4 atom stereocenters. The van der Waals surface area contributed by atoms with Crippen LogP contribution in [-0.2, 0) is 29.7 Å². The predicted molar refractivity (Wildman–Crippen MR) is 174 cm³/mol. The highest BCUT2D eigenvalue weighted by Gasteiger charge is 2.38. The molecule has 260 valence electrons. The Morgan fingerprint density at radius 2 is 1.52 bits per heavy atom. The van der Waals surface area contributed by atoms with Gasteiger partial charge in [0.25, 0.3) is 5.91 Å². The molecule has 4 aromatic carbocycles. The monoisotopic (exact) mass is 710 g/mol. The number of rotatable bonds is 10. The third kappa shape index (κ3) is 7.15. The second-order valence-electron chi connectivity index (χ2n) is 11.8. The van der Waals surface area contributed by atoms with Crippen LogP contribution >= 0.6 is 11.8 Å². The molecule has 1 saturated heterocycles. The summed E-state index contributed by atoms with van der Waals surface area (Å²) < 4.78 is 84.2. The summed E-state index contributed by atoms with van der Waals surface area (Å²) in [4.78, 5) is 12.6. The Morgan fingerprint density at radius 1 is 0.880 bits per heavy atom. The van der Waals surface area contributed by atoms with Crippen molar-refractivity contribution in [2.24, 2.45) is 13.0 Å². The van der Waals surface area contributed by atoms with Gasteiger partial charge in [-0.1, -0.05) is 91.5 Å². The van der Waals surface area contributed by atoms with Crippen LogP contribution in [-0.4, -0.2) is 37.6 Å². The van der Waals surface area contributed by atoms with Crippen molar-refractivity contribution in [2.45, 2.75) is 43.7 Å². The van der Waals surface area contributed by atoms with E-state index in [1.165, 1.54) is 11.8 Å². The molecule has 0 saturated carbocycles. The van der Waals surface area contributed by atoms with Crippen LogP contribution in [0.2, 0.25) is 0 Å². The number of aryl methyl sites for hydroxylation is 1. The van der Waals surface area contributed by atoms with Crippen molar-refractivity contribution >= 4 is 17.7 Å². The minimum absolute atomic E-state index is 0.0434. The Morgan fingerprint density at radius 3 is 2.16 bits per heavy atom. The normalized spacial score (nSPS) is 19.0. The Hall–Kier alpha value is -4.63. The van der Waals surface area contributed by atoms with E-state index in [0.29, 0.717) is 16.9 Å². The highest BCUT2D eigenvalue weighted by molar-refractivity contribution is 7.99. The summed E-state index contributed by atoms with van der Waals surface area (Å²) >= 11 is 1.52. The fraction of sp³-hybridized carbons (Fsp3) is 0.250. The van der Waals surface area contributed by atoms with Gasteiger partial charge in [0, 0.05) is 30.8 Å². The lowest BCUT2D eigenvalue weighted by Gasteiger charge is -2.41. The van der Waals surface area contributed by atoms with Crippen molar-refractivity contribution in [3.63, 3.8) is 0 Å². The first kappa shape index (κ1) is 35.2. The van der Waals surface area contributed by atoms with E-state index in [4.69, 9.17) is 9.47 Å². The number of carbonyl (C=O) groups excluding carboxylic acids is 1. The summed E-state index contributed by atoms with van der Waals surface area (Å²) in [5.74, 6) is -12.1. The number of benzene rings is 4. The summed E-state index contributed by atoms with van der Waals surface area (Å²) in [5, 5.41) is 20.7. The van der Waals surface area contributed by atoms with Crippen LogP contribution in [0.3, 0.4) is 0 Å². The van der Waals surface area contributed by atoms with Crippen molar-refractivity contribution in [2.75, 3.05) is 5.75 Å². The molecule has 50 heavy (non-hydrogen) atoms. The molecule has 0 aliphatic carbocycles. The van der Waals surface area contributed by atoms with Crippen molar-refractivity contribution in [3.05, 3.63) is 136 Å². The van der Waals surface area contributed by atoms with Crippen LogP contribution in [0.15, 0.2) is 84.3 Å². The average Bonchev–Trinajstić information content (AvgIpc) is 3.56. The van der Waals surface area contributed by atoms with Gasteiger partial charge in [0.05, 0.1) is 18.8 Å². The van der Waals surface area contributed by atoms with Gasteiger partial charge in [-0.05, 0) is 27.8 Å². The van der Waals surface area contributed by atoms with Gasteiger partial charge in [-0.25, -0.2) is 22.0 Å². The van der Waals surface area contributed by atoms with Crippen LogP contribution in [0.4, 0.5) is 22.0 Å². The van der Waals surface area contributed by atoms with Gasteiger partial charge in [0.1, 0.15) is 11.9 Å². The number of hydrogen-bond acceptors (Lipinski definition) is 7. The van der Waals surface area contributed by atoms with E-state index in [1.54, 1.807) is 30.6 Å². The third-order valence-corrected chi connectivity index (χ3v) is 9.68. The van der Waals surface area contributed by atoms with E-state index in [0.717, 1.165) is 27.4 Å². The first-order valence-corrected chi connectivity index (χ1v) is 16.5. The van der Waals surface area contributed by atoms with Gasteiger partial charge >= 0.3 is 0 Å². The first-order valence-electron chi connectivity index (χ1n) is 15.5. The molecule has 1 aromatic heterocycles. The van der Waals surface area contributed by atoms with E-state index in [-0.39, 0.29) is 31.3 Å². The number of amides is 1. The molecule has 5 aromatic rings. The molecule has 0 radical (unpaired) electrons. The van der Waals surface area contributed by atoms with Crippen molar-refractivity contribution in [1.82, 2.24) is 20.1 Å². The zero-order chi connectivity index (χ0) is 35.5. The second-order valence-corrected chi connectivity index (χ2v) is 12.8. The van der Waals surface area contributed by atoms with E-state index >= 15 is 0 Å². The highest BCUT2D eigenvalue weighted by Crippen LogP contribution is 2.43. The van der Waals surface area contributed by atoms with Crippen molar-refractivity contribution < 1.29 is 41.3 Å². The number of nitrogens with zero attached hydrogens (tertiary/aromatic N) is 3. The molecule has 0 bridgehead atoms. The average molecular weight is 711 g/mol. The summed E-state index contributed by atoms with van der Waals surface area (Å²) in [6.45, 7) is 1.73. The van der Waals surface area contributed by atoms with Crippen molar-refractivity contribution in [1.29, 1.82) is 0 Å². The SMILES string of the molecule is C[C@@H]1[C@H](CSc2nncn2C)O[C@H](c2ccc(-c3ccccc3CNC(=O)c3c(F)c(F)c(F)c(F)c3F)cc2)O[C@@H]1c1ccc(CO)cc1. The minimum Gasteiger partial charge on any atom is -0.392 e. The summed E-state index contributed by atoms with van der Waals surface area (Å²) in [6.07, 6.45) is 0.336. The number of aliphatic hydroxyl groups is 1. The Labute approximate surface area is 288 Å². The van der Waals surface area contributed by atoms with E-state index in [2.05, 4.69) is 22.4 Å². The minimum atomic E-state index is -2.34. The first-order chi connectivity index (χ1) is 24.1. The molecule has 1 aliphatic heterocycles. The number of carbonyl (C=O) groups is 1. The molecular formula is C36H31F5N4O4S. The number of nitrogens with one attached hydrogen (secondary N) is 1. The van der Waals surface area contributed by atoms with Crippen LogP contribution < -0.4 is 5.32 Å². The number of ether oxygens (including phenoxy) is 2. The molecule has 1 aliphatic rings. The fourth-order valence-electron chi connectivity index (χ4n) is 5.71. The molecule has 0 unspecified atom stereocenters. The Kier molecular flexibility index (Phi) is 10.6. The van der Waals surface area contributed by atoms with Crippen LogP contribution in [0, 0.1) is 35.0 Å². The maximum absolute atomic E-state index is 14.2. The molecule has 1 fully saturated rings. The van der Waals surface area contributed by atoms with E-state index in [9.17, 15) is 31.9 Å². The molecular weight excluding hydrogens is 679 g/mol. The lowest BCUT2D eigenvalue weighted by Crippen LogP contribution is -2.38. The molecule has 14 heteroatoms. The third-order valence-electron chi connectivity index (χ3n) is 8.56. The fourth-order valence-corrected chi connectivity index (χ4v) is 6.76. The van der Waals surface area contributed by atoms with Crippen LogP contribution in [0.5, 0.6) is 0 Å². The van der Waals surface area contributed by atoms with Gasteiger partial charge in [0.2, 0.25) is 5.82 Å². The quantitative estimate of drug-likeness (QED) is 0.0686. The van der Waals surface area contributed by atoms with Gasteiger partial charge in [0.15, 0.2) is 34.7 Å². The number of aliphatic hydroxyl groups excluding tert-OH is 1. The van der Waals surface area contributed by atoms with Crippen LogP contribution in [0.1, 0.15) is 51.9 Å². The van der Waals surface area contributed by atoms with Gasteiger partial charge in [-0.3, -0.25) is 4.79 Å². The molecule has 2 heterocycles. The summed E-state index contributed by atoms with van der Waals surface area (Å²) in [7, 11) is 1.87. The zero-order valence-corrected chi connectivity index (χ0v) is 27.6. The molecule has 1 amide bonds. The molecule has 6 rings (SSSR count). The lowest BCUT2D eigenvalue weighted by atomic mass is 9.91. The van der Waals surface area contributed by atoms with Gasteiger partial charge in [-0.2, -0.15) is 0 Å². The van der Waals surface area contributed by atoms with Gasteiger partial charge < -0.3 is 24.5 Å². The molecule has 0 spiro atoms. The van der Waals surface area contributed by atoms with Crippen molar-refractivity contribution in [3.8, 4) is 11.1 Å². The van der Waals surface area contributed by atoms with Gasteiger partial charge in [-0.15, -0.1) is 10.2 Å². The Balaban J connectivity index is 1.22. The molecule has 2 N–H and O–H groups in total. The number of aromatic nitrogens is 3. The van der Waals surface area contributed by atoms with Crippen LogP contribution in [0.25, 0.3) is 11.1 Å². The number of halogens is 5. The smallest absolute Gasteiger partial charge is 0.257 e. The number of thioether (sulfide) groups is 1. The largest absolute Gasteiger partial charge is 0.392 e. The predicted octanol–water partition coefficient (Wildman–Crippen LogP) is 7.18. The summed E-state index contributed by atoms with van der Waals surface area (Å²) in [5.41, 5.74) is 2.83. The zero-order valence-electron chi connectivity index (χ0n) is 26.7. The maximum atomic E-state index is 14.2. The maximum Gasteiger partial charge on any atom is 0.257 e. The lowest BCUT2D eigenvalue weighted by molar-refractivity contribution is -0.268. The topological polar surface area (TPSA) is 98.5 Å². The highest BCUT2D eigenvalue weighted by atomic mass is 32.2. The summed E-state index contributed by atoms with van der Waals surface area (Å²) in [6, 6.07) is 21.8.